The quantitative estimate of drug-likeness (QED) is 0.153. The Balaban J connectivity index is 1.46. The number of rotatable bonds is 11. The van der Waals surface area contributed by atoms with E-state index in [0.717, 1.165) is 5.56 Å². The van der Waals surface area contributed by atoms with Crippen molar-refractivity contribution in [1.82, 2.24) is 14.8 Å². The van der Waals surface area contributed by atoms with Crippen LogP contribution in [0.25, 0.3) is 11.1 Å². The monoisotopic (exact) mass is 604 g/mol. The molecule has 0 bridgehead atoms. The lowest BCUT2D eigenvalue weighted by atomic mass is 10.0. The van der Waals surface area contributed by atoms with Crippen molar-refractivity contribution in [3.05, 3.63) is 70.1 Å². The molecule has 0 radical (unpaired) electrons. The molecule has 2 aromatic carbocycles. The molecule has 2 aromatic heterocycles. The number of hydrogen-bond donors (Lipinski definition) is 1. The van der Waals surface area contributed by atoms with Crippen molar-refractivity contribution in [3.63, 3.8) is 0 Å². The van der Waals surface area contributed by atoms with E-state index < -0.39 is 17.9 Å². The van der Waals surface area contributed by atoms with Gasteiger partial charge >= 0.3 is 5.97 Å². The predicted molar refractivity (Wildman–Crippen MR) is 153 cm³/mol. The Morgan fingerprint density at radius 1 is 1.18 bits per heavy atom. The minimum atomic E-state index is -0.555. The minimum Gasteiger partial charge on any atom is -0.497 e. The van der Waals surface area contributed by atoms with E-state index in [9.17, 15) is 14.0 Å². The van der Waals surface area contributed by atoms with Crippen molar-refractivity contribution in [2.45, 2.75) is 31.7 Å². The van der Waals surface area contributed by atoms with Gasteiger partial charge in [-0.25, -0.2) is 9.18 Å². The predicted octanol–water partition coefficient (Wildman–Crippen LogP) is 6.49. The molecule has 0 aliphatic rings. The maximum Gasteiger partial charge on any atom is 0.341 e. The second kappa shape index (κ2) is 13.2. The third-order valence-electron chi connectivity index (χ3n) is 5.79. The zero-order valence-electron chi connectivity index (χ0n) is 22.1. The molecule has 9 nitrogen and oxygen atoms in total. The number of benzene rings is 2. The lowest BCUT2D eigenvalue weighted by molar-refractivity contribution is -0.113. The first-order chi connectivity index (χ1) is 19.2. The molecule has 0 fully saturated rings. The van der Waals surface area contributed by atoms with Gasteiger partial charge in [0.1, 0.15) is 27.9 Å². The number of halogens is 2. The van der Waals surface area contributed by atoms with Gasteiger partial charge in [0.15, 0.2) is 17.1 Å². The molecule has 0 aliphatic heterocycles. The number of ether oxygens (including phenoxy) is 3. The highest BCUT2D eigenvalue weighted by Crippen LogP contribution is 2.37. The Bertz CT molecular complexity index is 1510. The van der Waals surface area contributed by atoms with Crippen LogP contribution in [0.3, 0.4) is 0 Å². The van der Waals surface area contributed by atoms with Crippen LogP contribution in [0.4, 0.5) is 9.39 Å². The van der Waals surface area contributed by atoms with Crippen LogP contribution in [0, 0.1) is 5.82 Å². The highest BCUT2D eigenvalue weighted by molar-refractivity contribution is 7.99. The van der Waals surface area contributed by atoms with E-state index in [1.807, 2.05) is 23.6 Å². The normalized spacial score (nSPS) is 11.7. The van der Waals surface area contributed by atoms with Gasteiger partial charge in [-0.3, -0.25) is 4.79 Å². The van der Waals surface area contributed by atoms with Crippen molar-refractivity contribution in [3.8, 4) is 22.6 Å². The Morgan fingerprint density at radius 3 is 2.58 bits per heavy atom. The maximum atomic E-state index is 13.4. The molecule has 0 aliphatic carbocycles. The van der Waals surface area contributed by atoms with Crippen molar-refractivity contribution >= 4 is 51.6 Å². The summed E-state index contributed by atoms with van der Waals surface area (Å²) in [6.45, 7) is 4.23. The smallest absolute Gasteiger partial charge is 0.341 e. The number of thiophene rings is 1. The molecule has 1 unspecified atom stereocenters. The summed E-state index contributed by atoms with van der Waals surface area (Å²) in [5.41, 5.74) is 1.71. The topological polar surface area (TPSA) is 105 Å². The van der Waals surface area contributed by atoms with E-state index in [1.54, 1.807) is 31.5 Å². The van der Waals surface area contributed by atoms with E-state index in [4.69, 9.17) is 25.8 Å². The number of esters is 1. The van der Waals surface area contributed by atoms with Gasteiger partial charge in [-0.2, -0.15) is 0 Å². The third-order valence-corrected chi connectivity index (χ3v) is 7.95. The van der Waals surface area contributed by atoms with E-state index >= 15 is 0 Å². The summed E-state index contributed by atoms with van der Waals surface area (Å²) in [7, 11) is 2.87. The third kappa shape index (κ3) is 6.57. The Morgan fingerprint density at radius 2 is 1.93 bits per heavy atom. The van der Waals surface area contributed by atoms with Crippen molar-refractivity contribution < 1.29 is 28.2 Å². The number of carbonyl (C=O) groups is 2. The van der Waals surface area contributed by atoms with Crippen molar-refractivity contribution in [2.24, 2.45) is 0 Å². The largest absolute Gasteiger partial charge is 0.497 e. The van der Waals surface area contributed by atoms with Gasteiger partial charge in [-0.1, -0.05) is 35.5 Å². The van der Waals surface area contributed by atoms with Gasteiger partial charge in [0.25, 0.3) is 0 Å². The van der Waals surface area contributed by atoms with Crippen LogP contribution in [0.5, 0.6) is 11.5 Å². The summed E-state index contributed by atoms with van der Waals surface area (Å²) in [6, 6.07) is 11.1. The number of hydrogen-bond acceptors (Lipinski definition) is 9. The number of nitrogens with zero attached hydrogens (tertiary/aromatic N) is 3. The van der Waals surface area contributed by atoms with E-state index in [1.165, 1.54) is 48.4 Å². The molecule has 2 heterocycles. The van der Waals surface area contributed by atoms with Gasteiger partial charge in [0.2, 0.25) is 5.91 Å². The first-order valence-corrected chi connectivity index (χ1v) is 14.3. The van der Waals surface area contributed by atoms with Crippen molar-refractivity contribution in [1.29, 1.82) is 0 Å². The number of amides is 1. The van der Waals surface area contributed by atoms with E-state index in [-0.39, 0.29) is 22.2 Å². The van der Waals surface area contributed by atoms with E-state index in [0.29, 0.717) is 39.6 Å². The zero-order chi connectivity index (χ0) is 28.8. The average molecular weight is 605 g/mol. The highest BCUT2D eigenvalue weighted by atomic mass is 35.5. The Hall–Kier alpha value is -3.61. The van der Waals surface area contributed by atoms with Crippen LogP contribution >= 0.6 is 34.7 Å². The molecule has 40 heavy (non-hydrogen) atoms. The summed E-state index contributed by atoms with van der Waals surface area (Å²) < 4.78 is 31.3. The number of anilines is 1. The van der Waals surface area contributed by atoms with Crippen LogP contribution in [0.2, 0.25) is 5.02 Å². The molecular weight excluding hydrogens is 579 g/mol. The van der Waals surface area contributed by atoms with Crippen LogP contribution < -0.4 is 14.8 Å². The lowest BCUT2D eigenvalue weighted by Crippen LogP contribution is -2.17. The summed E-state index contributed by atoms with van der Waals surface area (Å²) in [5.74, 6) is 0.216. The molecule has 1 amide bonds. The molecule has 4 aromatic rings. The average Bonchev–Trinajstić information content (AvgIpc) is 3.57. The Labute approximate surface area is 243 Å². The SMILES string of the molecule is CCn1c(SCC(=O)Nc2scc(-c3ccc(OC)cc3)c2C(=O)OC)nnc1C(C)Oc1ccc(F)cc1Cl. The number of methoxy groups -OCH3 is 2. The van der Waals surface area contributed by atoms with Gasteiger partial charge < -0.3 is 24.1 Å². The standard InChI is InChI=1S/C27H26ClFN4O5S2/c1-5-33-24(15(2)38-21-11-8-17(29)12-20(21)28)31-32-27(33)40-14-22(34)30-25-23(26(35)37-4)19(13-39-25)16-6-9-18(36-3)10-7-16/h6-13,15H,5,14H2,1-4H3,(H,30,34). The van der Waals surface area contributed by atoms with Crippen LogP contribution in [-0.4, -0.2) is 46.6 Å². The number of carbonyl (C=O) groups excluding carboxylic acids is 2. The van der Waals surface area contributed by atoms with Crippen LogP contribution in [-0.2, 0) is 16.1 Å². The van der Waals surface area contributed by atoms with Crippen LogP contribution in [0.1, 0.15) is 36.1 Å². The minimum absolute atomic E-state index is 0.0214. The second-order valence-corrected chi connectivity index (χ2v) is 10.6. The zero-order valence-corrected chi connectivity index (χ0v) is 24.5. The molecule has 0 saturated carbocycles. The number of nitrogens with one attached hydrogen (secondary N) is 1. The van der Waals surface area contributed by atoms with Crippen molar-refractivity contribution in [2.75, 3.05) is 25.3 Å². The fourth-order valence-electron chi connectivity index (χ4n) is 3.85. The molecule has 13 heteroatoms. The van der Waals surface area contributed by atoms with Crippen LogP contribution in [0.15, 0.2) is 53.0 Å². The fourth-order valence-corrected chi connectivity index (χ4v) is 5.84. The Kier molecular flexibility index (Phi) is 9.67. The maximum absolute atomic E-state index is 13.4. The summed E-state index contributed by atoms with van der Waals surface area (Å²) in [6.07, 6.45) is -0.538. The molecule has 0 spiro atoms. The molecule has 1 atom stereocenters. The van der Waals surface area contributed by atoms with Gasteiger partial charge in [0, 0.05) is 17.5 Å². The lowest BCUT2D eigenvalue weighted by Gasteiger charge is -2.16. The molecule has 1 N–H and O–H groups in total. The summed E-state index contributed by atoms with van der Waals surface area (Å²) in [5, 5.41) is 14.1. The van der Waals surface area contributed by atoms with Gasteiger partial charge in [0.05, 0.1) is 25.0 Å². The van der Waals surface area contributed by atoms with Gasteiger partial charge in [-0.15, -0.1) is 21.5 Å². The number of aromatic nitrogens is 3. The second-order valence-electron chi connectivity index (χ2n) is 8.33. The number of thioether (sulfide) groups is 1. The molecule has 210 valence electrons. The van der Waals surface area contributed by atoms with E-state index in [2.05, 4.69) is 15.5 Å². The summed E-state index contributed by atoms with van der Waals surface area (Å²) >= 11 is 8.52. The molecule has 4 rings (SSSR count). The fraction of sp³-hybridized carbons (Fsp3) is 0.259. The first-order valence-electron chi connectivity index (χ1n) is 12.1. The summed E-state index contributed by atoms with van der Waals surface area (Å²) in [4.78, 5) is 25.5. The molecule has 0 saturated heterocycles. The first kappa shape index (κ1) is 29.4. The molecular formula is C27H26ClFN4O5S2. The highest BCUT2D eigenvalue weighted by Gasteiger charge is 2.24. The van der Waals surface area contributed by atoms with Gasteiger partial charge in [-0.05, 0) is 49.7 Å².